The monoisotopic (exact) mass is 333 g/mol. The summed E-state index contributed by atoms with van der Waals surface area (Å²) >= 11 is 0. The van der Waals surface area contributed by atoms with Gasteiger partial charge in [0.1, 0.15) is 5.75 Å². The minimum Gasteiger partial charge on any atom is -0.497 e. The van der Waals surface area contributed by atoms with E-state index < -0.39 is 0 Å². The molecule has 0 saturated heterocycles. The summed E-state index contributed by atoms with van der Waals surface area (Å²) in [5.74, 6) is 2.63. The number of guanidine groups is 1. The van der Waals surface area contributed by atoms with Crippen molar-refractivity contribution in [1.82, 2.24) is 10.6 Å². The second-order valence-corrected chi connectivity index (χ2v) is 6.25. The third-order valence-electron chi connectivity index (χ3n) is 4.10. The Hall–Kier alpha value is -1.75. The molecule has 1 aliphatic rings. The van der Waals surface area contributed by atoms with Gasteiger partial charge in [0.2, 0.25) is 0 Å². The number of nitrogens with zero attached hydrogens (tertiary/aromatic N) is 1. The maximum atomic E-state index is 5.63. The zero-order valence-corrected chi connectivity index (χ0v) is 15.0. The normalized spacial score (nSPS) is 14.5. The van der Waals surface area contributed by atoms with Crippen LogP contribution in [0, 0.1) is 5.92 Å². The number of aliphatic imine (C=N–C) groups is 1. The average molecular weight is 333 g/mol. The van der Waals surface area contributed by atoms with Crippen molar-refractivity contribution in [3.63, 3.8) is 0 Å². The van der Waals surface area contributed by atoms with Crippen molar-refractivity contribution in [2.24, 2.45) is 10.9 Å². The van der Waals surface area contributed by atoms with Gasteiger partial charge in [0, 0.05) is 33.4 Å². The predicted molar refractivity (Wildman–Crippen MR) is 98.8 cm³/mol. The fraction of sp³-hybridized carbons (Fsp3) is 0.632. The van der Waals surface area contributed by atoms with Crippen LogP contribution in [0.1, 0.15) is 31.2 Å². The number of nitrogens with one attached hydrogen (secondary N) is 2. The smallest absolute Gasteiger partial charge is 0.190 e. The first-order valence-corrected chi connectivity index (χ1v) is 8.97. The molecule has 0 aliphatic heterocycles. The van der Waals surface area contributed by atoms with Crippen molar-refractivity contribution in [2.45, 2.75) is 32.1 Å². The van der Waals surface area contributed by atoms with Crippen molar-refractivity contribution in [3.05, 3.63) is 29.8 Å². The molecule has 5 nitrogen and oxygen atoms in total. The van der Waals surface area contributed by atoms with Crippen molar-refractivity contribution in [3.8, 4) is 5.75 Å². The second-order valence-electron chi connectivity index (χ2n) is 6.25. The quantitative estimate of drug-likeness (QED) is 0.371. The number of hydrogen-bond donors (Lipinski definition) is 2. The molecule has 0 heterocycles. The Morgan fingerprint density at radius 2 is 2.00 bits per heavy atom. The molecule has 1 aromatic rings. The minimum atomic E-state index is 0.830. The van der Waals surface area contributed by atoms with Crippen LogP contribution >= 0.6 is 0 Å². The van der Waals surface area contributed by atoms with Crippen LogP contribution in [-0.4, -0.2) is 46.4 Å². The maximum absolute atomic E-state index is 5.63. The van der Waals surface area contributed by atoms with Gasteiger partial charge in [-0.25, -0.2) is 0 Å². The summed E-state index contributed by atoms with van der Waals surface area (Å²) in [6.07, 6.45) is 5.79. The molecule has 0 spiro atoms. The van der Waals surface area contributed by atoms with Gasteiger partial charge in [-0.1, -0.05) is 12.1 Å². The molecule has 24 heavy (non-hydrogen) atoms. The molecule has 0 radical (unpaired) electrons. The summed E-state index contributed by atoms with van der Waals surface area (Å²) in [6, 6.07) is 8.24. The summed E-state index contributed by atoms with van der Waals surface area (Å²) in [5.41, 5.74) is 1.30. The highest BCUT2D eigenvalue weighted by Crippen LogP contribution is 2.28. The van der Waals surface area contributed by atoms with Crippen molar-refractivity contribution < 1.29 is 9.47 Å². The molecule has 5 heteroatoms. The van der Waals surface area contributed by atoms with Gasteiger partial charge in [-0.2, -0.15) is 0 Å². The van der Waals surface area contributed by atoms with E-state index in [-0.39, 0.29) is 0 Å². The Bertz CT molecular complexity index is 501. The van der Waals surface area contributed by atoms with E-state index in [0.717, 1.165) is 63.2 Å². The van der Waals surface area contributed by atoms with Crippen molar-refractivity contribution >= 4 is 5.96 Å². The molecule has 0 atom stereocenters. The van der Waals surface area contributed by atoms with E-state index in [1.54, 1.807) is 14.2 Å². The summed E-state index contributed by atoms with van der Waals surface area (Å²) in [4.78, 5) is 4.25. The Labute approximate surface area is 145 Å². The van der Waals surface area contributed by atoms with E-state index in [1.165, 1.54) is 18.4 Å². The molecule has 134 valence electrons. The van der Waals surface area contributed by atoms with E-state index in [9.17, 15) is 0 Å². The Morgan fingerprint density at radius 3 is 2.71 bits per heavy atom. The van der Waals surface area contributed by atoms with Crippen LogP contribution in [0.4, 0.5) is 0 Å². The lowest BCUT2D eigenvalue weighted by Crippen LogP contribution is -2.38. The highest BCUT2D eigenvalue weighted by Gasteiger charge is 2.20. The van der Waals surface area contributed by atoms with Crippen molar-refractivity contribution in [2.75, 3.05) is 40.5 Å². The molecular weight excluding hydrogens is 302 g/mol. The molecule has 2 N–H and O–H groups in total. The number of hydrogen-bond acceptors (Lipinski definition) is 3. The average Bonchev–Trinajstić information content (AvgIpc) is 3.44. The van der Waals surface area contributed by atoms with E-state index >= 15 is 0 Å². The Balaban J connectivity index is 1.50. The number of benzene rings is 1. The van der Waals surface area contributed by atoms with Crippen LogP contribution in [0.2, 0.25) is 0 Å². The van der Waals surface area contributed by atoms with E-state index in [4.69, 9.17) is 9.47 Å². The van der Waals surface area contributed by atoms with Crippen LogP contribution in [-0.2, 0) is 11.2 Å². The third-order valence-corrected chi connectivity index (χ3v) is 4.10. The molecule has 0 bridgehead atoms. The van der Waals surface area contributed by atoms with Gasteiger partial charge in [0.05, 0.1) is 7.11 Å². The van der Waals surface area contributed by atoms with Gasteiger partial charge in [0.15, 0.2) is 5.96 Å². The lowest BCUT2D eigenvalue weighted by atomic mass is 10.1. The maximum Gasteiger partial charge on any atom is 0.190 e. The molecule has 2 rings (SSSR count). The van der Waals surface area contributed by atoms with E-state index in [0.29, 0.717) is 0 Å². The summed E-state index contributed by atoms with van der Waals surface area (Å²) < 4.78 is 10.9. The lowest BCUT2D eigenvalue weighted by molar-refractivity contribution is 0.123. The summed E-state index contributed by atoms with van der Waals surface area (Å²) in [6.45, 7) is 3.56. The summed E-state index contributed by atoms with van der Waals surface area (Å²) in [7, 11) is 3.51. The lowest BCUT2D eigenvalue weighted by Gasteiger charge is -2.12. The Morgan fingerprint density at radius 1 is 1.21 bits per heavy atom. The van der Waals surface area contributed by atoms with Crippen LogP contribution in [0.3, 0.4) is 0 Å². The minimum absolute atomic E-state index is 0.830. The molecule has 1 fully saturated rings. The SMILES string of the molecule is CN=C(NCCCOCC1CC1)NCCCc1cccc(OC)c1. The number of methoxy groups -OCH3 is 1. The third kappa shape index (κ3) is 7.68. The fourth-order valence-corrected chi connectivity index (χ4v) is 2.46. The van der Waals surface area contributed by atoms with Gasteiger partial charge in [0.25, 0.3) is 0 Å². The standard InChI is InChI=1S/C19H31N3O2/c1-20-19(22-12-5-13-24-15-17-9-10-17)21-11-4-7-16-6-3-8-18(14-16)23-2/h3,6,8,14,17H,4-5,7,9-13,15H2,1-2H3,(H2,20,21,22). The van der Waals surface area contributed by atoms with Crippen LogP contribution in [0.15, 0.2) is 29.3 Å². The van der Waals surface area contributed by atoms with Crippen LogP contribution in [0.25, 0.3) is 0 Å². The first-order valence-electron chi connectivity index (χ1n) is 8.97. The van der Waals surface area contributed by atoms with Gasteiger partial charge in [-0.15, -0.1) is 0 Å². The summed E-state index contributed by atoms with van der Waals surface area (Å²) in [5, 5.41) is 6.68. The molecule has 0 unspecified atom stereocenters. The number of aryl methyl sites for hydroxylation is 1. The van der Waals surface area contributed by atoms with Gasteiger partial charge in [-0.05, 0) is 55.7 Å². The second kappa shape index (κ2) is 10.9. The largest absolute Gasteiger partial charge is 0.497 e. The molecular formula is C19H31N3O2. The topological polar surface area (TPSA) is 54.9 Å². The molecule has 0 aromatic heterocycles. The van der Waals surface area contributed by atoms with Gasteiger partial charge < -0.3 is 20.1 Å². The van der Waals surface area contributed by atoms with E-state index in [1.807, 2.05) is 12.1 Å². The van der Waals surface area contributed by atoms with E-state index in [2.05, 4.69) is 27.8 Å². The van der Waals surface area contributed by atoms with Crippen LogP contribution in [0.5, 0.6) is 5.75 Å². The zero-order chi connectivity index (χ0) is 17.0. The van der Waals surface area contributed by atoms with Gasteiger partial charge >= 0.3 is 0 Å². The highest BCUT2D eigenvalue weighted by molar-refractivity contribution is 5.79. The Kier molecular flexibility index (Phi) is 8.46. The first kappa shape index (κ1) is 18.6. The molecule has 1 saturated carbocycles. The van der Waals surface area contributed by atoms with Crippen molar-refractivity contribution in [1.29, 1.82) is 0 Å². The van der Waals surface area contributed by atoms with Gasteiger partial charge in [-0.3, -0.25) is 4.99 Å². The van der Waals surface area contributed by atoms with Crippen LogP contribution < -0.4 is 15.4 Å². The molecule has 1 aromatic carbocycles. The number of rotatable bonds is 11. The number of ether oxygens (including phenoxy) is 2. The molecule has 1 aliphatic carbocycles. The predicted octanol–water partition coefficient (Wildman–Crippen LogP) is 2.61. The highest BCUT2D eigenvalue weighted by atomic mass is 16.5. The fourth-order valence-electron chi connectivity index (χ4n) is 2.46. The first-order chi connectivity index (χ1) is 11.8. The zero-order valence-electron chi connectivity index (χ0n) is 15.0. The molecule has 0 amide bonds.